The Morgan fingerprint density at radius 3 is 2.58 bits per heavy atom. The summed E-state index contributed by atoms with van der Waals surface area (Å²) in [7, 11) is 0. The van der Waals surface area contributed by atoms with Crippen molar-refractivity contribution in [1.82, 2.24) is 5.32 Å². The van der Waals surface area contributed by atoms with Crippen LogP contribution in [0, 0.1) is 0 Å². The van der Waals surface area contributed by atoms with E-state index >= 15 is 0 Å². The van der Waals surface area contributed by atoms with Crippen molar-refractivity contribution in [2.24, 2.45) is 0 Å². The minimum Gasteiger partial charge on any atom is -0.310 e. The number of rotatable bonds is 6. The number of benzene rings is 1. The van der Waals surface area contributed by atoms with Crippen molar-refractivity contribution >= 4 is 11.8 Å². The van der Waals surface area contributed by atoms with Crippen molar-refractivity contribution in [3.63, 3.8) is 0 Å². The predicted octanol–water partition coefficient (Wildman–Crippen LogP) is 4.33. The van der Waals surface area contributed by atoms with Gasteiger partial charge in [-0.05, 0) is 54.9 Å². The molecule has 3 rings (SSSR count). The molecule has 2 aliphatic carbocycles. The zero-order valence-electron chi connectivity index (χ0n) is 11.9. The van der Waals surface area contributed by atoms with Crippen molar-refractivity contribution in [3.8, 4) is 0 Å². The second-order valence-corrected chi connectivity index (χ2v) is 7.56. The van der Waals surface area contributed by atoms with Gasteiger partial charge in [-0.25, -0.2) is 0 Å². The van der Waals surface area contributed by atoms with E-state index in [0.717, 1.165) is 23.8 Å². The standard InChI is InChI=1S/C17H25NS/c1-2-19-17-10-9-16(11-17)18-12-13-3-5-14(6-4-13)15-7-8-15/h3-6,15-18H,2,7-12H2,1H3. The third-order valence-electron chi connectivity index (χ3n) is 4.41. The van der Waals surface area contributed by atoms with Crippen LogP contribution in [-0.4, -0.2) is 17.0 Å². The lowest BCUT2D eigenvalue weighted by molar-refractivity contribution is 0.525. The third kappa shape index (κ3) is 3.76. The average molecular weight is 275 g/mol. The van der Waals surface area contributed by atoms with Gasteiger partial charge in [0.25, 0.3) is 0 Å². The molecule has 0 bridgehead atoms. The van der Waals surface area contributed by atoms with Crippen LogP contribution in [-0.2, 0) is 6.54 Å². The van der Waals surface area contributed by atoms with Crippen LogP contribution in [0.25, 0.3) is 0 Å². The molecule has 2 heteroatoms. The van der Waals surface area contributed by atoms with Crippen molar-refractivity contribution in [3.05, 3.63) is 35.4 Å². The fourth-order valence-corrected chi connectivity index (χ4v) is 4.24. The highest BCUT2D eigenvalue weighted by atomic mass is 32.2. The lowest BCUT2D eigenvalue weighted by atomic mass is 10.1. The van der Waals surface area contributed by atoms with Crippen LogP contribution in [0.4, 0.5) is 0 Å². The fraction of sp³-hybridized carbons (Fsp3) is 0.647. The molecule has 1 N–H and O–H groups in total. The molecule has 0 saturated heterocycles. The van der Waals surface area contributed by atoms with E-state index in [1.807, 2.05) is 0 Å². The molecule has 2 fully saturated rings. The monoisotopic (exact) mass is 275 g/mol. The Morgan fingerprint density at radius 1 is 1.11 bits per heavy atom. The Bertz CT molecular complexity index is 396. The molecular weight excluding hydrogens is 250 g/mol. The van der Waals surface area contributed by atoms with Gasteiger partial charge in [0.1, 0.15) is 0 Å². The van der Waals surface area contributed by atoms with E-state index in [4.69, 9.17) is 0 Å². The van der Waals surface area contributed by atoms with Gasteiger partial charge in [-0.2, -0.15) is 11.8 Å². The van der Waals surface area contributed by atoms with Crippen LogP contribution < -0.4 is 5.32 Å². The molecule has 2 aliphatic rings. The van der Waals surface area contributed by atoms with E-state index in [1.54, 1.807) is 5.56 Å². The maximum atomic E-state index is 3.74. The van der Waals surface area contributed by atoms with E-state index in [9.17, 15) is 0 Å². The van der Waals surface area contributed by atoms with Crippen molar-refractivity contribution in [2.45, 2.75) is 62.8 Å². The van der Waals surface area contributed by atoms with Crippen LogP contribution in [0.5, 0.6) is 0 Å². The third-order valence-corrected chi connectivity index (χ3v) is 5.64. The number of nitrogens with one attached hydrogen (secondary N) is 1. The van der Waals surface area contributed by atoms with Gasteiger partial charge in [-0.1, -0.05) is 31.2 Å². The van der Waals surface area contributed by atoms with Crippen LogP contribution in [0.3, 0.4) is 0 Å². The van der Waals surface area contributed by atoms with Crippen LogP contribution in [0.15, 0.2) is 24.3 Å². The summed E-state index contributed by atoms with van der Waals surface area (Å²) in [5, 5.41) is 4.64. The zero-order chi connectivity index (χ0) is 13.1. The van der Waals surface area contributed by atoms with Gasteiger partial charge in [0, 0.05) is 17.8 Å². The minimum absolute atomic E-state index is 0.743. The minimum atomic E-state index is 0.743. The van der Waals surface area contributed by atoms with E-state index < -0.39 is 0 Å². The van der Waals surface area contributed by atoms with Gasteiger partial charge in [-0.3, -0.25) is 0 Å². The molecular formula is C17H25NS. The lowest BCUT2D eigenvalue weighted by Gasteiger charge is -2.13. The zero-order valence-corrected chi connectivity index (χ0v) is 12.7. The van der Waals surface area contributed by atoms with Gasteiger partial charge in [-0.15, -0.1) is 0 Å². The Labute approximate surface area is 121 Å². The molecule has 1 aromatic carbocycles. The molecule has 2 saturated carbocycles. The highest BCUT2D eigenvalue weighted by molar-refractivity contribution is 7.99. The summed E-state index contributed by atoms with van der Waals surface area (Å²) in [4.78, 5) is 0. The summed E-state index contributed by atoms with van der Waals surface area (Å²) < 4.78 is 0. The molecule has 0 heterocycles. The summed E-state index contributed by atoms with van der Waals surface area (Å²) >= 11 is 2.14. The first-order valence-corrected chi connectivity index (χ1v) is 8.84. The van der Waals surface area contributed by atoms with Crippen LogP contribution in [0.2, 0.25) is 0 Å². The SMILES string of the molecule is CCSC1CCC(NCc2ccc(C3CC3)cc2)C1. The Hall–Kier alpha value is -0.470. The molecule has 19 heavy (non-hydrogen) atoms. The van der Waals surface area contributed by atoms with E-state index in [1.165, 1.54) is 43.4 Å². The normalized spacial score (nSPS) is 26.8. The Kier molecular flexibility index (Phi) is 4.49. The first kappa shape index (κ1) is 13.5. The van der Waals surface area contributed by atoms with Crippen LogP contribution in [0.1, 0.15) is 56.1 Å². The van der Waals surface area contributed by atoms with Crippen molar-refractivity contribution in [2.75, 3.05) is 5.75 Å². The average Bonchev–Trinajstić information content (AvgIpc) is 3.19. The Balaban J connectivity index is 1.44. The second-order valence-electron chi connectivity index (χ2n) is 5.98. The number of hydrogen-bond acceptors (Lipinski definition) is 2. The van der Waals surface area contributed by atoms with Crippen molar-refractivity contribution in [1.29, 1.82) is 0 Å². The van der Waals surface area contributed by atoms with Crippen molar-refractivity contribution < 1.29 is 0 Å². The van der Waals surface area contributed by atoms with Crippen LogP contribution >= 0.6 is 11.8 Å². The fourth-order valence-electron chi connectivity index (χ4n) is 3.10. The molecule has 0 radical (unpaired) electrons. The maximum Gasteiger partial charge on any atom is 0.0208 e. The summed E-state index contributed by atoms with van der Waals surface area (Å²) in [6.45, 7) is 3.31. The maximum absolute atomic E-state index is 3.74. The molecule has 1 aromatic rings. The van der Waals surface area contributed by atoms with Gasteiger partial charge in [0.05, 0.1) is 0 Å². The smallest absolute Gasteiger partial charge is 0.0208 e. The molecule has 104 valence electrons. The highest BCUT2D eigenvalue weighted by Crippen LogP contribution is 2.39. The van der Waals surface area contributed by atoms with Gasteiger partial charge < -0.3 is 5.32 Å². The molecule has 1 nitrogen and oxygen atoms in total. The van der Waals surface area contributed by atoms with E-state index in [-0.39, 0.29) is 0 Å². The predicted molar refractivity (Wildman–Crippen MR) is 84.8 cm³/mol. The van der Waals surface area contributed by atoms with Gasteiger partial charge in [0.2, 0.25) is 0 Å². The highest BCUT2D eigenvalue weighted by Gasteiger charge is 2.24. The summed E-state index contributed by atoms with van der Waals surface area (Å²) in [5.41, 5.74) is 2.99. The van der Waals surface area contributed by atoms with E-state index in [0.29, 0.717) is 0 Å². The molecule has 2 unspecified atom stereocenters. The lowest BCUT2D eigenvalue weighted by Crippen LogP contribution is -2.26. The first-order valence-electron chi connectivity index (χ1n) is 7.79. The van der Waals surface area contributed by atoms with Gasteiger partial charge >= 0.3 is 0 Å². The summed E-state index contributed by atoms with van der Waals surface area (Å²) in [6.07, 6.45) is 6.92. The Morgan fingerprint density at radius 2 is 1.89 bits per heavy atom. The number of hydrogen-bond donors (Lipinski definition) is 1. The van der Waals surface area contributed by atoms with Gasteiger partial charge in [0.15, 0.2) is 0 Å². The molecule has 0 spiro atoms. The first-order chi connectivity index (χ1) is 9.35. The number of thioether (sulfide) groups is 1. The molecule has 0 amide bonds. The topological polar surface area (TPSA) is 12.0 Å². The summed E-state index contributed by atoms with van der Waals surface area (Å²) in [5.74, 6) is 2.14. The second kappa shape index (κ2) is 6.32. The summed E-state index contributed by atoms with van der Waals surface area (Å²) in [6, 6.07) is 10.0. The molecule has 2 atom stereocenters. The largest absolute Gasteiger partial charge is 0.310 e. The quantitative estimate of drug-likeness (QED) is 0.829. The molecule has 0 aromatic heterocycles. The molecule has 0 aliphatic heterocycles. The van der Waals surface area contributed by atoms with E-state index in [2.05, 4.69) is 48.3 Å².